The number of aliphatic hydroxyl groups excluding tert-OH is 1. The van der Waals surface area contributed by atoms with Crippen LogP contribution in [0.3, 0.4) is 0 Å². The first-order valence-corrected chi connectivity index (χ1v) is 9.71. The van der Waals surface area contributed by atoms with Gasteiger partial charge in [0.2, 0.25) is 0 Å². The van der Waals surface area contributed by atoms with Gasteiger partial charge in [-0.2, -0.15) is 4.67 Å². The molecule has 0 amide bonds. The van der Waals surface area contributed by atoms with Crippen molar-refractivity contribution >= 4 is 7.75 Å². The quantitative estimate of drug-likeness (QED) is 0.834. The summed E-state index contributed by atoms with van der Waals surface area (Å²) >= 11 is 0. The van der Waals surface area contributed by atoms with E-state index in [9.17, 15) is 9.67 Å². The Morgan fingerprint density at radius 3 is 1.88 bits per heavy atom. The van der Waals surface area contributed by atoms with Crippen LogP contribution in [0.1, 0.15) is 19.3 Å². The highest BCUT2D eigenvalue weighted by Gasteiger charge is 2.56. The average Bonchev–Trinajstić information content (AvgIpc) is 3.14. The summed E-state index contributed by atoms with van der Waals surface area (Å²) in [5.74, 6) is 0.995. The molecule has 2 heterocycles. The Hall–Kier alpha value is -1.81. The number of hydrogen-bond donors (Lipinski definition) is 1. The minimum Gasteiger partial charge on any atom is -0.404 e. The molecular formula is C18H20NO4P. The fraction of sp³-hybridized carbons (Fsp3) is 0.333. The normalized spacial score (nSPS) is 26.5. The van der Waals surface area contributed by atoms with Crippen molar-refractivity contribution in [1.29, 1.82) is 0 Å². The van der Waals surface area contributed by atoms with Crippen molar-refractivity contribution in [2.24, 2.45) is 0 Å². The molecule has 2 bridgehead atoms. The van der Waals surface area contributed by atoms with Gasteiger partial charge in [0, 0.05) is 12.1 Å². The number of benzene rings is 2. The Kier molecular flexibility index (Phi) is 4.09. The van der Waals surface area contributed by atoms with E-state index in [1.54, 1.807) is 28.9 Å². The van der Waals surface area contributed by atoms with Crippen LogP contribution in [0.15, 0.2) is 60.7 Å². The molecule has 0 unspecified atom stereocenters. The van der Waals surface area contributed by atoms with Gasteiger partial charge in [-0.25, -0.2) is 4.57 Å². The number of para-hydroxylation sites is 2. The second-order valence-electron chi connectivity index (χ2n) is 6.26. The maximum Gasteiger partial charge on any atom is 0.516 e. The van der Waals surface area contributed by atoms with E-state index in [-0.39, 0.29) is 12.1 Å². The number of rotatable bonds is 5. The topological polar surface area (TPSA) is 59.0 Å². The zero-order chi connectivity index (χ0) is 16.6. The van der Waals surface area contributed by atoms with Crippen molar-refractivity contribution in [1.82, 2.24) is 4.67 Å². The number of fused-ring (bicyclic) bond motifs is 2. The molecule has 3 atom stereocenters. The van der Waals surface area contributed by atoms with Crippen molar-refractivity contribution < 1.29 is 18.7 Å². The molecule has 2 aliphatic rings. The summed E-state index contributed by atoms with van der Waals surface area (Å²) in [6.45, 7) is 0. The first-order valence-electron chi connectivity index (χ1n) is 8.22. The molecule has 0 saturated carbocycles. The van der Waals surface area contributed by atoms with E-state index in [1.165, 1.54) is 0 Å². The van der Waals surface area contributed by atoms with Gasteiger partial charge in [0.25, 0.3) is 0 Å². The molecular weight excluding hydrogens is 325 g/mol. The summed E-state index contributed by atoms with van der Waals surface area (Å²) in [7, 11) is -3.62. The van der Waals surface area contributed by atoms with E-state index in [0.29, 0.717) is 17.9 Å². The Bertz CT molecular complexity index is 694. The van der Waals surface area contributed by atoms with Gasteiger partial charge >= 0.3 is 7.75 Å². The van der Waals surface area contributed by atoms with Crippen LogP contribution >= 0.6 is 7.75 Å². The van der Waals surface area contributed by atoms with Crippen LogP contribution in [-0.4, -0.2) is 28.0 Å². The Balaban J connectivity index is 1.68. The van der Waals surface area contributed by atoms with Crippen molar-refractivity contribution in [2.45, 2.75) is 37.5 Å². The summed E-state index contributed by atoms with van der Waals surface area (Å²) in [5.41, 5.74) is 0. The van der Waals surface area contributed by atoms with Gasteiger partial charge in [-0.15, -0.1) is 0 Å². The summed E-state index contributed by atoms with van der Waals surface area (Å²) in [6, 6.07) is 18.0. The monoisotopic (exact) mass is 345 g/mol. The summed E-state index contributed by atoms with van der Waals surface area (Å²) < 4.78 is 27.2. The Morgan fingerprint density at radius 2 is 1.46 bits per heavy atom. The van der Waals surface area contributed by atoms with Crippen LogP contribution in [0.4, 0.5) is 0 Å². The van der Waals surface area contributed by atoms with Gasteiger partial charge in [-0.3, -0.25) is 0 Å². The van der Waals surface area contributed by atoms with E-state index < -0.39 is 13.9 Å². The molecule has 0 radical (unpaired) electrons. The molecule has 0 aliphatic carbocycles. The third kappa shape index (κ3) is 2.84. The standard InChI is InChI=1S/C18H20NO4P/c20-18-13-14-11-12-17(18)19(14)24(21,22-15-7-3-1-4-8-15)23-16-9-5-2-6-10-16/h1-10,14,17-18,20H,11-13H2/t14-,17+,18+/m0/s1. The fourth-order valence-corrected chi connectivity index (χ4v) is 5.90. The largest absolute Gasteiger partial charge is 0.516 e. The molecule has 4 rings (SSSR count). The average molecular weight is 345 g/mol. The molecule has 2 fully saturated rings. The highest BCUT2D eigenvalue weighted by Crippen LogP contribution is 2.60. The van der Waals surface area contributed by atoms with E-state index >= 15 is 0 Å². The van der Waals surface area contributed by atoms with E-state index in [0.717, 1.165) is 12.8 Å². The molecule has 2 saturated heterocycles. The van der Waals surface area contributed by atoms with Gasteiger partial charge in [-0.1, -0.05) is 36.4 Å². The maximum atomic E-state index is 13.7. The second kappa shape index (κ2) is 6.25. The lowest BCUT2D eigenvalue weighted by Crippen LogP contribution is -2.33. The predicted molar refractivity (Wildman–Crippen MR) is 91.0 cm³/mol. The first-order chi connectivity index (χ1) is 11.7. The zero-order valence-electron chi connectivity index (χ0n) is 13.2. The SMILES string of the molecule is O=P(Oc1ccccc1)(Oc1ccccc1)N1[C@H]2CC[C@@H]1[C@H](O)C2. The minimum atomic E-state index is -3.62. The first kappa shape index (κ1) is 15.7. The number of nitrogens with zero attached hydrogens (tertiary/aromatic N) is 1. The second-order valence-corrected chi connectivity index (χ2v) is 8.02. The van der Waals surface area contributed by atoms with Gasteiger partial charge in [0.1, 0.15) is 11.5 Å². The molecule has 0 aromatic heterocycles. The fourth-order valence-electron chi connectivity index (χ4n) is 3.65. The van der Waals surface area contributed by atoms with E-state index in [1.807, 2.05) is 36.4 Å². The zero-order valence-corrected chi connectivity index (χ0v) is 14.1. The maximum absolute atomic E-state index is 13.7. The van der Waals surface area contributed by atoms with Crippen LogP contribution in [-0.2, 0) is 4.57 Å². The third-order valence-corrected chi connectivity index (χ3v) is 6.75. The van der Waals surface area contributed by atoms with Gasteiger partial charge in [-0.05, 0) is 43.5 Å². The summed E-state index contributed by atoms with van der Waals surface area (Å²) in [6.07, 6.45) is 1.86. The van der Waals surface area contributed by atoms with Gasteiger partial charge in [0.15, 0.2) is 0 Å². The van der Waals surface area contributed by atoms with Crippen LogP contribution in [0.25, 0.3) is 0 Å². The molecule has 2 aliphatic heterocycles. The molecule has 2 aromatic carbocycles. The van der Waals surface area contributed by atoms with Gasteiger partial charge < -0.3 is 14.2 Å². The highest BCUT2D eigenvalue weighted by molar-refractivity contribution is 7.52. The van der Waals surface area contributed by atoms with Gasteiger partial charge in [0.05, 0.1) is 6.10 Å². The molecule has 0 spiro atoms. The lowest BCUT2D eigenvalue weighted by Gasteiger charge is -2.30. The van der Waals surface area contributed by atoms with Crippen LogP contribution in [0.5, 0.6) is 11.5 Å². The molecule has 2 aromatic rings. The smallest absolute Gasteiger partial charge is 0.404 e. The van der Waals surface area contributed by atoms with Crippen molar-refractivity contribution in [3.8, 4) is 11.5 Å². The predicted octanol–water partition coefficient (Wildman–Crippen LogP) is 3.85. The van der Waals surface area contributed by atoms with Crippen molar-refractivity contribution in [3.05, 3.63) is 60.7 Å². The molecule has 6 heteroatoms. The van der Waals surface area contributed by atoms with Crippen molar-refractivity contribution in [3.63, 3.8) is 0 Å². The molecule has 126 valence electrons. The summed E-state index contributed by atoms with van der Waals surface area (Å²) in [4.78, 5) is 0. The van der Waals surface area contributed by atoms with Crippen LogP contribution < -0.4 is 9.05 Å². The Morgan fingerprint density at radius 1 is 0.917 bits per heavy atom. The van der Waals surface area contributed by atoms with Crippen molar-refractivity contribution in [2.75, 3.05) is 0 Å². The highest BCUT2D eigenvalue weighted by atomic mass is 31.2. The minimum absolute atomic E-state index is 0.0308. The lowest BCUT2D eigenvalue weighted by molar-refractivity contribution is 0.132. The van der Waals surface area contributed by atoms with E-state index in [2.05, 4.69) is 0 Å². The number of hydrogen-bond acceptors (Lipinski definition) is 4. The molecule has 1 N–H and O–H groups in total. The molecule has 24 heavy (non-hydrogen) atoms. The van der Waals surface area contributed by atoms with Crippen LogP contribution in [0.2, 0.25) is 0 Å². The number of aliphatic hydroxyl groups is 1. The molecule has 5 nitrogen and oxygen atoms in total. The summed E-state index contributed by atoms with van der Waals surface area (Å²) in [5, 5.41) is 10.2. The lowest BCUT2D eigenvalue weighted by atomic mass is 9.98. The third-order valence-electron chi connectivity index (χ3n) is 4.68. The van der Waals surface area contributed by atoms with E-state index in [4.69, 9.17) is 9.05 Å². The Labute approximate surface area is 141 Å². The van der Waals surface area contributed by atoms with Crippen LogP contribution in [0, 0.1) is 0 Å².